The molecule has 1 aromatic rings. The molecule has 1 aromatic heterocycles. The third-order valence-electron chi connectivity index (χ3n) is 1.85. The van der Waals surface area contributed by atoms with E-state index < -0.39 is 17.4 Å². The van der Waals surface area contributed by atoms with E-state index in [0.717, 1.165) is 6.20 Å². The molecule has 15 heavy (non-hydrogen) atoms. The Morgan fingerprint density at radius 3 is 2.33 bits per heavy atom. The van der Waals surface area contributed by atoms with Crippen LogP contribution in [-0.2, 0) is 16.3 Å². The van der Waals surface area contributed by atoms with E-state index in [9.17, 15) is 13.6 Å². The van der Waals surface area contributed by atoms with Gasteiger partial charge in [-0.05, 0) is 0 Å². The second-order valence-electron chi connectivity index (χ2n) is 4.20. The Hall–Kier alpha value is -1.53. The number of nitrogens with zero attached hydrogens (tertiary/aromatic N) is 3. The van der Waals surface area contributed by atoms with Crippen molar-refractivity contribution in [2.45, 2.75) is 32.2 Å². The lowest BCUT2D eigenvalue weighted by molar-refractivity contribution is -0.159. The molecule has 0 radical (unpaired) electrons. The van der Waals surface area contributed by atoms with E-state index in [1.54, 1.807) is 20.8 Å². The van der Waals surface area contributed by atoms with Crippen LogP contribution in [0.25, 0.3) is 0 Å². The first-order chi connectivity index (χ1) is 6.65. The normalized spacial score (nSPS) is 12.9. The van der Waals surface area contributed by atoms with Gasteiger partial charge in [-0.3, -0.25) is 4.79 Å². The first-order valence-corrected chi connectivity index (χ1v) is 4.26. The Morgan fingerprint density at radius 1 is 1.47 bits per heavy atom. The molecule has 1 heterocycles. The SMILES string of the molecule is CC(C)(C)c1cn(C(F)(F)C(N)=O)nn1. The summed E-state index contributed by atoms with van der Waals surface area (Å²) in [6.45, 7) is 5.39. The molecule has 0 aliphatic rings. The molecular formula is C8H12F2N4O. The lowest BCUT2D eigenvalue weighted by atomic mass is 9.93. The first kappa shape index (κ1) is 11.5. The second-order valence-corrected chi connectivity index (χ2v) is 4.20. The third kappa shape index (κ3) is 2.11. The van der Waals surface area contributed by atoms with Crippen molar-refractivity contribution in [1.29, 1.82) is 0 Å². The molecule has 0 unspecified atom stereocenters. The zero-order valence-electron chi connectivity index (χ0n) is 8.66. The molecule has 5 nitrogen and oxygen atoms in total. The van der Waals surface area contributed by atoms with Crippen molar-refractivity contribution in [2.24, 2.45) is 5.73 Å². The molecule has 0 aromatic carbocycles. The summed E-state index contributed by atoms with van der Waals surface area (Å²) >= 11 is 0. The van der Waals surface area contributed by atoms with Crippen LogP contribution in [0.15, 0.2) is 6.20 Å². The number of rotatable bonds is 2. The highest BCUT2D eigenvalue weighted by molar-refractivity contribution is 5.79. The lowest BCUT2D eigenvalue weighted by Gasteiger charge is -2.14. The Morgan fingerprint density at radius 2 is 2.00 bits per heavy atom. The summed E-state index contributed by atoms with van der Waals surface area (Å²) in [7, 11) is 0. The minimum atomic E-state index is -3.84. The molecule has 0 aliphatic heterocycles. The van der Waals surface area contributed by atoms with Crippen LogP contribution in [0.1, 0.15) is 26.5 Å². The predicted molar refractivity (Wildman–Crippen MR) is 48.1 cm³/mol. The zero-order valence-corrected chi connectivity index (χ0v) is 8.66. The van der Waals surface area contributed by atoms with Crippen LogP contribution in [0.2, 0.25) is 0 Å². The number of nitrogens with two attached hydrogens (primary N) is 1. The number of carbonyl (C=O) groups excluding carboxylic acids is 1. The zero-order chi connectivity index (χ0) is 11.9. The molecule has 0 fully saturated rings. The first-order valence-electron chi connectivity index (χ1n) is 4.26. The highest BCUT2D eigenvalue weighted by Crippen LogP contribution is 2.23. The Kier molecular flexibility index (Phi) is 2.50. The van der Waals surface area contributed by atoms with Gasteiger partial charge in [0.15, 0.2) is 0 Å². The van der Waals surface area contributed by atoms with E-state index in [1.165, 1.54) is 0 Å². The fourth-order valence-corrected chi connectivity index (χ4v) is 0.858. The molecule has 0 saturated heterocycles. The van der Waals surface area contributed by atoms with Crippen LogP contribution in [0.5, 0.6) is 0 Å². The van der Waals surface area contributed by atoms with Gasteiger partial charge in [0.05, 0.1) is 11.9 Å². The second kappa shape index (κ2) is 3.25. The Labute approximate surface area is 85.2 Å². The van der Waals surface area contributed by atoms with Crippen LogP contribution in [0.3, 0.4) is 0 Å². The molecule has 0 bridgehead atoms. The van der Waals surface area contributed by atoms with Crippen LogP contribution in [0, 0.1) is 0 Å². The summed E-state index contributed by atoms with van der Waals surface area (Å²) < 4.78 is 26.3. The van der Waals surface area contributed by atoms with Crippen LogP contribution in [0.4, 0.5) is 8.78 Å². The summed E-state index contributed by atoms with van der Waals surface area (Å²) in [5.41, 5.74) is 4.50. The minimum absolute atomic E-state index is 0.177. The summed E-state index contributed by atoms with van der Waals surface area (Å²) in [4.78, 5) is 10.5. The third-order valence-corrected chi connectivity index (χ3v) is 1.85. The van der Waals surface area contributed by atoms with Gasteiger partial charge in [0.1, 0.15) is 0 Å². The van der Waals surface area contributed by atoms with E-state index in [0.29, 0.717) is 5.69 Å². The predicted octanol–water partition coefficient (Wildman–Crippen LogP) is 0.610. The molecule has 0 saturated carbocycles. The van der Waals surface area contributed by atoms with Crippen molar-refractivity contribution in [3.8, 4) is 0 Å². The number of alkyl halides is 2. The number of carbonyl (C=O) groups is 1. The van der Waals surface area contributed by atoms with E-state index in [-0.39, 0.29) is 4.68 Å². The maximum absolute atomic E-state index is 13.1. The fourth-order valence-electron chi connectivity index (χ4n) is 0.858. The maximum Gasteiger partial charge on any atom is 0.423 e. The van der Waals surface area contributed by atoms with E-state index in [1.807, 2.05) is 0 Å². The smallest absolute Gasteiger partial charge is 0.363 e. The standard InChI is InChI=1S/C8H12F2N4O/c1-7(2,3)5-4-14(13-12-5)8(9,10)6(11)15/h4H,1-3H3,(H2,11,15). The van der Waals surface area contributed by atoms with Gasteiger partial charge in [-0.15, -0.1) is 5.10 Å². The summed E-state index contributed by atoms with van der Waals surface area (Å²) in [6, 6.07) is -3.84. The van der Waals surface area contributed by atoms with Crippen LogP contribution >= 0.6 is 0 Å². The number of amides is 1. The number of aromatic nitrogens is 3. The van der Waals surface area contributed by atoms with Gasteiger partial charge in [-0.25, -0.2) is 0 Å². The topological polar surface area (TPSA) is 73.8 Å². The number of hydrogen-bond donors (Lipinski definition) is 1. The highest BCUT2D eigenvalue weighted by Gasteiger charge is 2.41. The van der Waals surface area contributed by atoms with E-state index in [2.05, 4.69) is 16.0 Å². The van der Waals surface area contributed by atoms with Gasteiger partial charge >= 0.3 is 12.0 Å². The van der Waals surface area contributed by atoms with Gasteiger partial charge in [-0.1, -0.05) is 26.0 Å². The monoisotopic (exact) mass is 218 g/mol. The summed E-state index contributed by atoms with van der Waals surface area (Å²) in [5.74, 6) is -1.76. The summed E-state index contributed by atoms with van der Waals surface area (Å²) in [5, 5.41) is 6.75. The molecule has 0 spiro atoms. The minimum Gasteiger partial charge on any atom is -0.363 e. The molecule has 2 N–H and O–H groups in total. The molecule has 1 amide bonds. The quantitative estimate of drug-likeness (QED) is 0.790. The largest absolute Gasteiger partial charge is 0.423 e. The van der Waals surface area contributed by atoms with Crippen molar-refractivity contribution < 1.29 is 13.6 Å². The van der Waals surface area contributed by atoms with Gasteiger partial charge in [0.25, 0.3) is 0 Å². The van der Waals surface area contributed by atoms with Crippen molar-refractivity contribution in [3.05, 3.63) is 11.9 Å². The van der Waals surface area contributed by atoms with Crippen molar-refractivity contribution >= 4 is 5.91 Å². The Bertz CT molecular complexity index is 380. The van der Waals surface area contributed by atoms with Crippen molar-refractivity contribution in [3.63, 3.8) is 0 Å². The van der Waals surface area contributed by atoms with Crippen LogP contribution < -0.4 is 5.73 Å². The maximum atomic E-state index is 13.1. The molecule has 1 rings (SSSR count). The van der Waals surface area contributed by atoms with Gasteiger partial charge in [0.2, 0.25) is 0 Å². The van der Waals surface area contributed by atoms with Gasteiger partial charge < -0.3 is 5.73 Å². The van der Waals surface area contributed by atoms with E-state index in [4.69, 9.17) is 0 Å². The average molecular weight is 218 g/mol. The molecule has 0 aliphatic carbocycles. The highest BCUT2D eigenvalue weighted by atomic mass is 19.3. The number of halogens is 2. The molecule has 0 atom stereocenters. The van der Waals surface area contributed by atoms with E-state index >= 15 is 0 Å². The molecule has 84 valence electrons. The number of hydrogen-bond acceptors (Lipinski definition) is 3. The van der Waals surface area contributed by atoms with Crippen LogP contribution in [-0.4, -0.2) is 20.9 Å². The molecule has 7 heteroatoms. The number of primary amides is 1. The molecular weight excluding hydrogens is 206 g/mol. The lowest BCUT2D eigenvalue weighted by Crippen LogP contribution is -2.39. The van der Waals surface area contributed by atoms with Crippen molar-refractivity contribution in [2.75, 3.05) is 0 Å². The van der Waals surface area contributed by atoms with Gasteiger partial charge in [0, 0.05) is 5.41 Å². The fraction of sp³-hybridized carbons (Fsp3) is 0.625. The average Bonchev–Trinajstić information content (AvgIpc) is 2.50. The Balaban J connectivity index is 3.10. The summed E-state index contributed by atoms with van der Waals surface area (Å²) in [6.07, 6.45) is 1.02. The van der Waals surface area contributed by atoms with Gasteiger partial charge in [-0.2, -0.15) is 13.5 Å². The van der Waals surface area contributed by atoms with Crippen molar-refractivity contribution in [1.82, 2.24) is 15.0 Å².